The van der Waals surface area contributed by atoms with Gasteiger partial charge in [-0.05, 0) is 0 Å². The zero-order chi connectivity index (χ0) is 37.6. The molecular weight excluding hydrogens is 903 g/mol. The van der Waals surface area contributed by atoms with Crippen molar-refractivity contribution >= 4 is 112 Å². The van der Waals surface area contributed by atoms with Crippen LogP contribution in [0.2, 0.25) is 34.3 Å². The molecule has 1 rings (SSSR count). The molecule has 0 radical (unpaired) electrons. The van der Waals surface area contributed by atoms with Gasteiger partial charge in [0, 0.05) is 0 Å². The number of benzene rings is 1. The van der Waals surface area contributed by atoms with Crippen molar-refractivity contribution in [3.8, 4) is 0 Å². The number of carbonyl (C=O) groups is 7. The number of nitrogens with two attached hydrogens (primary N) is 1. The van der Waals surface area contributed by atoms with E-state index in [1.807, 2.05) is 23.6 Å². The number of rotatable bonds is 19. The Morgan fingerprint density at radius 1 is 0.800 bits per heavy atom. The summed E-state index contributed by atoms with van der Waals surface area (Å²) in [5, 5.41) is 47.1. The zero-order valence-electron chi connectivity index (χ0n) is 27.3. The molecule has 0 spiro atoms. The van der Waals surface area contributed by atoms with Crippen molar-refractivity contribution in [1.29, 1.82) is 0 Å². The van der Waals surface area contributed by atoms with Crippen LogP contribution in [0.1, 0.15) is 44.5 Å². The van der Waals surface area contributed by atoms with Gasteiger partial charge in [-0.15, -0.1) is 0 Å². The van der Waals surface area contributed by atoms with E-state index in [4.69, 9.17) is 31.3 Å². The summed E-state index contributed by atoms with van der Waals surface area (Å²) in [5.41, 5.74) is 18.2. The summed E-state index contributed by atoms with van der Waals surface area (Å²) in [4.78, 5) is 77.3. The quantitative estimate of drug-likeness (QED) is 0.0918. The molecule has 3 atom stereocenters. The van der Waals surface area contributed by atoms with Crippen molar-refractivity contribution in [2.24, 2.45) is 5.73 Å². The summed E-state index contributed by atoms with van der Waals surface area (Å²) in [6.07, 6.45) is -0.454. The van der Waals surface area contributed by atoms with Crippen LogP contribution in [0.4, 0.5) is 0 Å². The zero-order valence-corrected chi connectivity index (χ0v) is 35.4. The topological polar surface area (TPSA) is 271 Å². The predicted molar refractivity (Wildman–Crippen MR) is 206 cm³/mol. The molecule has 15 nitrogen and oxygen atoms in total. The van der Waals surface area contributed by atoms with Gasteiger partial charge in [-0.2, -0.15) is 0 Å². The van der Waals surface area contributed by atoms with Gasteiger partial charge in [0.1, 0.15) is 0 Å². The molecule has 3 unspecified atom stereocenters. The minimum absolute atomic E-state index is 0. The van der Waals surface area contributed by atoms with E-state index in [0.29, 0.717) is 11.3 Å². The summed E-state index contributed by atoms with van der Waals surface area (Å²) in [5.74, 6) is -6.02. The molecular formula is C29H52As3N3O12S3. The Balaban J connectivity index is -0.000000335. The van der Waals surface area contributed by atoms with Crippen molar-refractivity contribution in [2.75, 3.05) is 12.3 Å². The second-order valence-electron chi connectivity index (χ2n) is 9.87. The maximum atomic E-state index is 11.9. The fraction of sp³-hybridized carbons (Fsp3) is 0.552. The van der Waals surface area contributed by atoms with E-state index in [1.165, 1.54) is 10.0 Å². The molecule has 50 heavy (non-hydrogen) atoms. The van der Waals surface area contributed by atoms with Gasteiger partial charge in [0.25, 0.3) is 0 Å². The summed E-state index contributed by atoms with van der Waals surface area (Å²) in [6.45, 7) is -0.528. The van der Waals surface area contributed by atoms with E-state index in [0.717, 1.165) is 4.90 Å². The van der Waals surface area contributed by atoms with Gasteiger partial charge >= 0.3 is 306 Å². The second kappa shape index (κ2) is 30.8. The van der Waals surface area contributed by atoms with E-state index in [1.54, 1.807) is 32.2 Å². The van der Waals surface area contributed by atoms with E-state index < -0.39 is 106 Å². The van der Waals surface area contributed by atoms with Crippen molar-refractivity contribution in [3.05, 3.63) is 29.8 Å². The number of hydrogen-bond donors (Lipinski definition) is 8. The number of carboxylic acid groups (broad SMARTS) is 5. The first-order valence-corrected chi connectivity index (χ1v) is 34.4. The molecule has 0 aliphatic carbocycles. The molecule has 0 aliphatic rings. The molecule has 0 saturated heterocycles. The fourth-order valence-corrected chi connectivity index (χ4v) is 15.7. The Morgan fingerprint density at radius 3 is 1.78 bits per heavy atom. The van der Waals surface area contributed by atoms with Crippen LogP contribution in [0.25, 0.3) is 0 Å². The average molecular weight is 956 g/mol. The van der Waals surface area contributed by atoms with Gasteiger partial charge in [-0.1, -0.05) is 14.9 Å². The van der Waals surface area contributed by atoms with Crippen molar-refractivity contribution in [3.63, 3.8) is 0 Å². The summed E-state index contributed by atoms with van der Waals surface area (Å²) < 4.78 is 0. The molecule has 0 saturated carbocycles. The Morgan fingerprint density at radius 2 is 1.36 bits per heavy atom. The molecule has 0 heterocycles. The molecule has 0 bridgehead atoms. The van der Waals surface area contributed by atoms with Gasteiger partial charge < -0.3 is 0 Å². The van der Waals surface area contributed by atoms with Gasteiger partial charge in [0.05, 0.1) is 0 Å². The standard InChI is InChI=1S/C12H22AsN3O6S.C9H11AsO2S.C6H11AsO4S.2CH4/c1-13(2)23-6-8(11(20)15-5-10(18)19)16-9(17)4-3-7(14)12(21)22;1-10(2)13-8-6-4-3-5-7(8)9(11)12;1-7(2)12-4(6(10)11)3-5(8)9;;/h7-8H,3-6,14H2,1-2H3,(H,15,20)(H,16,17)(H,18,19)(H,21,22);3-6H,1-2H3,(H,11,12);4H,3H2,1-2H3,(H,8,9)(H,10,11);2*1H4. The van der Waals surface area contributed by atoms with Crippen molar-refractivity contribution in [1.82, 2.24) is 10.6 Å². The number of aromatic carboxylic acids is 1. The number of hydrogen-bond acceptors (Lipinski definition) is 11. The molecule has 21 heteroatoms. The number of amides is 2. The first-order chi connectivity index (χ1) is 22.2. The van der Waals surface area contributed by atoms with Crippen LogP contribution in [0, 0.1) is 0 Å². The summed E-state index contributed by atoms with van der Waals surface area (Å²) >= 11 is -3.09. The fourth-order valence-electron chi connectivity index (χ4n) is 2.87. The minimum atomic E-state index is -1.20. The molecule has 2 amide bonds. The van der Waals surface area contributed by atoms with Crippen molar-refractivity contribution < 1.29 is 59.1 Å². The normalized spacial score (nSPS) is 11.9. The average Bonchev–Trinajstić information content (AvgIpc) is 2.96. The Bertz CT molecular complexity index is 1230. The SMILES string of the molecule is C.C.C[As](C)SC(CC(=O)O)C(=O)O.C[As](C)SCC(NC(=O)CCC(N)C(=O)O)C(=O)NCC(=O)O.C[As](C)Sc1ccccc1C(=O)O. The Kier molecular flexibility index (Phi) is 33.8. The number of aliphatic carboxylic acids is 4. The molecule has 1 aromatic carbocycles. The third kappa shape index (κ3) is 29.9. The third-order valence-electron chi connectivity index (χ3n) is 4.94. The number of carboxylic acids is 5. The van der Waals surface area contributed by atoms with E-state index in [-0.39, 0.29) is 34.1 Å². The van der Waals surface area contributed by atoms with Gasteiger partial charge in [-0.25, -0.2) is 0 Å². The van der Waals surface area contributed by atoms with Crippen LogP contribution in [0.15, 0.2) is 29.2 Å². The molecule has 9 N–H and O–H groups in total. The van der Waals surface area contributed by atoms with Gasteiger partial charge in [0.15, 0.2) is 0 Å². The molecule has 288 valence electrons. The third-order valence-corrected chi connectivity index (χ3v) is 19.9. The van der Waals surface area contributed by atoms with E-state index in [2.05, 4.69) is 33.5 Å². The second-order valence-corrected chi connectivity index (χ2v) is 37.6. The Hall–Kier alpha value is -1.80. The van der Waals surface area contributed by atoms with Gasteiger partial charge in [0.2, 0.25) is 0 Å². The van der Waals surface area contributed by atoms with E-state index in [9.17, 15) is 33.6 Å². The molecule has 0 aliphatic heterocycles. The molecule has 1 aromatic rings. The predicted octanol–water partition coefficient (Wildman–Crippen LogP) is 3.75. The number of nitrogens with one attached hydrogen (secondary N) is 2. The first kappa shape index (κ1) is 55.0. The van der Waals surface area contributed by atoms with Crippen LogP contribution in [0.5, 0.6) is 0 Å². The van der Waals surface area contributed by atoms with Crippen LogP contribution in [-0.2, 0) is 28.8 Å². The molecule has 0 fully saturated rings. The van der Waals surface area contributed by atoms with E-state index >= 15 is 0 Å². The monoisotopic (exact) mass is 955 g/mol. The summed E-state index contributed by atoms with van der Waals surface area (Å²) in [7, 11) is 4.60. The molecule has 0 aromatic heterocycles. The summed E-state index contributed by atoms with van der Waals surface area (Å²) in [6, 6.07) is 5.18. The van der Waals surface area contributed by atoms with Crippen LogP contribution in [-0.4, -0.2) is 137 Å². The number of carbonyl (C=O) groups excluding carboxylic acids is 2. The van der Waals surface area contributed by atoms with Crippen LogP contribution < -0.4 is 16.4 Å². The van der Waals surface area contributed by atoms with Gasteiger partial charge in [-0.3, -0.25) is 0 Å². The van der Waals surface area contributed by atoms with Crippen LogP contribution >= 0.6 is 30.1 Å². The maximum absolute atomic E-state index is 11.9. The van der Waals surface area contributed by atoms with Crippen molar-refractivity contribution in [2.45, 2.75) is 90.6 Å². The Labute approximate surface area is 318 Å². The first-order valence-electron chi connectivity index (χ1n) is 13.7. The van der Waals surface area contributed by atoms with Crippen LogP contribution in [0.3, 0.4) is 0 Å².